The summed E-state index contributed by atoms with van der Waals surface area (Å²) in [6.07, 6.45) is 6.36. The Bertz CT molecular complexity index is 338. The second-order valence-electron chi connectivity index (χ2n) is 5.20. The van der Waals surface area contributed by atoms with Crippen LogP contribution in [0.2, 0.25) is 0 Å². The van der Waals surface area contributed by atoms with Gasteiger partial charge in [0.1, 0.15) is 0 Å². The number of thioether (sulfide) groups is 1. The molecule has 1 fully saturated rings. The van der Waals surface area contributed by atoms with E-state index in [2.05, 4.69) is 41.5 Å². The second-order valence-corrected chi connectivity index (χ2v) is 6.19. The molecule has 0 bridgehead atoms. The van der Waals surface area contributed by atoms with Gasteiger partial charge < -0.3 is 4.74 Å². The monoisotopic (exact) mass is 279 g/mol. The molecule has 1 aliphatic rings. The number of hydrogen-bond acceptors (Lipinski definition) is 3. The zero-order chi connectivity index (χ0) is 13.3. The molecule has 0 saturated carbocycles. The molecule has 0 unspecified atom stereocenters. The van der Waals surface area contributed by atoms with E-state index in [9.17, 15) is 0 Å². The van der Waals surface area contributed by atoms with Crippen LogP contribution < -0.4 is 0 Å². The first-order chi connectivity index (χ1) is 9.38. The number of benzene rings is 1. The van der Waals surface area contributed by atoms with Crippen molar-refractivity contribution >= 4 is 11.8 Å². The topological polar surface area (TPSA) is 12.5 Å². The minimum absolute atomic E-state index is 0.456. The molecule has 0 aliphatic carbocycles. The van der Waals surface area contributed by atoms with Crippen LogP contribution in [0.3, 0.4) is 0 Å². The third-order valence-electron chi connectivity index (χ3n) is 3.56. The van der Waals surface area contributed by atoms with Gasteiger partial charge in [-0.15, -0.1) is 0 Å². The van der Waals surface area contributed by atoms with Gasteiger partial charge in [-0.05, 0) is 43.4 Å². The third kappa shape index (κ3) is 5.55. The zero-order valence-electron chi connectivity index (χ0n) is 11.9. The lowest BCUT2D eigenvalue weighted by molar-refractivity contribution is 0.0707. The second kappa shape index (κ2) is 8.62. The maximum Gasteiger partial charge on any atom is 0.0702 e. The molecule has 1 saturated heterocycles. The fraction of sp³-hybridized carbons (Fsp3) is 0.625. The molecule has 0 aromatic heterocycles. The van der Waals surface area contributed by atoms with Crippen molar-refractivity contribution in [2.75, 3.05) is 31.7 Å². The fourth-order valence-electron chi connectivity index (χ4n) is 2.59. The van der Waals surface area contributed by atoms with E-state index < -0.39 is 0 Å². The Balaban J connectivity index is 1.85. The molecule has 0 radical (unpaired) electrons. The summed E-state index contributed by atoms with van der Waals surface area (Å²) in [5.74, 6) is 1.25. The maximum atomic E-state index is 5.78. The Labute approximate surface area is 121 Å². The molecule has 1 aliphatic heterocycles. The number of nitrogens with zero attached hydrogens (tertiary/aromatic N) is 1. The van der Waals surface area contributed by atoms with E-state index in [-0.39, 0.29) is 0 Å². The summed E-state index contributed by atoms with van der Waals surface area (Å²) in [4.78, 5) is 2.56. The van der Waals surface area contributed by atoms with E-state index in [0.717, 1.165) is 19.7 Å². The maximum absolute atomic E-state index is 5.78. The van der Waals surface area contributed by atoms with Crippen LogP contribution >= 0.6 is 11.8 Å². The van der Waals surface area contributed by atoms with Gasteiger partial charge in [0.15, 0.2) is 0 Å². The highest BCUT2D eigenvalue weighted by atomic mass is 32.2. The molecule has 1 atom stereocenters. The van der Waals surface area contributed by atoms with Crippen molar-refractivity contribution in [2.45, 2.75) is 31.9 Å². The highest BCUT2D eigenvalue weighted by Gasteiger charge is 2.19. The van der Waals surface area contributed by atoms with Crippen molar-refractivity contribution in [2.24, 2.45) is 0 Å². The summed E-state index contributed by atoms with van der Waals surface area (Å²) in [7, 11) is 0. The standard InChI is InChI=1S/C16H25NOS/c1-19-12-6-10-17(14-16-9-5-11-18-16)13-15-7-3-2-4-8-15/h2-4,7-8,16H,5-6,9-14H2,1H3/t16-/m1/s1. The summed E-state index contributed by atoms with van der Waals surface area (Å²) in [6.45, 7) is 4.27. The number of rotatable bonds is 8. The average molecular weight is 279 g/mol. The van der Waals surface area contributed by atoms with E-state index in [4.69, 9.17) is 4.74 Å². The first kappa shape index (κ1) is 14.9. The van der Waals surface area contributed by atoms with Crippen LogP contribution in [-0.4, -0.2) is 42.7 Å². The number of ether oxygens (including phenoxy) is 1. The van der Waals surface area contributed by atoms with E-state index in [1.165, 1.54) is 37.1 Å². The zero-order valence-corrected chi connectivity index (χ0v) is 12.7. The molecule has 0 amide bonds. The van der Waals surface area contributed by atoms with Gasteiger partial charge in [-0.3, -0.25) is 4.90 Å². The van der Waals surface area contributed by atoms with Crippen molar-refractivity contribution in [3.05, 3.63) is 35.9 Å². The van der Waals surface area contributed by atoms with Gasteiger partial charge in [0, 0.05) is 19.7 Å². The minimum atomic E-state index is 0.456. The molecule has 1 aromatic rings. The molecule has 19 heavy (non-hydrogen) atoms. The lowest BCUT2D eigenvalue weighted by atomic mass is 10.2. The summed E-state index contributed by atoms with van der Waals surface area (Å²) in [6, 6.07) is 10.8. The normalized spacial score (nSPS) is 19.2. The molecule has 1 aromatic carbocycles. The summed E-state index contributed by atoms with van der Waals surface area (Å²) >= 11 is 1.93. The Morgan fingerprint density at radius 3 is 2.84 bits per heavy atom. The third-order valence-corrected chi connectivity index (χ3v) is 4.25. The smallest absolute Gasteiger partial charge is 0.0702 e. The Morgan fingerprint density at radius 1 is 1.32 bits per heavy atom. The van der Waals surface area contributed by atoms with E-state index >= 15 is 0 Å². The molecule has 2 nitrogen and oxygen atoms in total. The van der Waals surface area contributed by atoms with Gasteiger partial charge in [0.05, 0.1) is 6.10 Å². The van der Waals surface area contributed by atoms with E-state index in [1.807, 2.05) is 11.8 Å². The van der Waals surface area contributed by atoms with E-state index in [0.29, 0.717) is 6.10 Å². The quantitative estimate of drug-likeness (QED) is 0.677. The van der Waals surface area contributed by atoms with Gasteiger partial charge in [-0.2, -0.15) is 11.8 Å². The summed E-state index contributed by atoms with van der Waals surface area (Å²) < 4.78 is 5.78. The van der Waals surface area contributed by atoms with Crippen LogP contribution in [0.4, 0.5) is 0 Å². The van der Waals surface area contributed by atoms with Gasteiger partial charge in [0.25, 0.3) is 0 Å². The first-order valence-electron chi connectivity index (χ1n) is 7.25. The van der Waals surface area contributed by atoms with Gasteiger partial charge in [-0.1, -0.05) is 30.3 Å². The average Bonchev–Trinajstić information content (AvgIpc) is 2.93. The highest BCUT2D eigenvalue weighted by molar-refractivity contribution is 7.98. The SMILES string of the molecule is CSCCCN(Cc1ccccc1)C[C@H]1CCCO1. The highest BCUT2D eigenvalue weighted by Crippen LogP contribution is 2.15. The van der Waals surface area contributed by atoms with Gasteiger partial charge >= 0.3 is 0 Å². The molecule has 0 N–H and O–H groups in total. The Hall–Kier alpha value is -0.510. The predicted molar refractivity (Wildman–Crippen MR) is 83.7 cm³/mol. The Kier molecular flexibility index (Phi) is 6.75. The molecule has 1 heterocycles. The summed E-state index contributed by atoms with van der Waals surface area (Å²) in [5.41, 5.74) is 1.41. The molecule has 0 spiro atoms. The number of hydrogen-bond donors (Lipinski definition) is 0. The van der Waals surface area contributed by atoms with Crippen molar-refractivity contribution in [1.82, 2.24) is 4.90 Å². The molecular formula is C16H25NOS. The molecular weight excluding hydrogens is 254 g/mol. The van der Waals surface area contributed by atoms with Gasteiger partial charge in [-0.25, -0.2) is 0 Å². The molecule has 2 rings (SSSR count). The van der Waals surface area contributed by atoms with Crippen LogP contribution in [0.1, 0.15) is 24.8 Å². The fourth-order valence-corrected chi connectivity index (χ4v) is 3.00. The van der Waals surface area contributed by atoms with Crippen molar-refractivity contribution < 1.29 is 4.74 Å². The predicted octanol–water partition coefficient (Wildman–Crippen LogP) is 3.42. The van der Waals surface area contributed by atoms with Crippen molar-refractivity contribution in [1.29, 1.82) is 0 Å². The van der Waals surface area contributed by atoms with Crippen LogP contribution in [0.15, 0.2) is 30.3 Å². The van der Waals surface area contributed by atoms with Crippen LogP contribution in [0.25, 0.3) is 0 Å². The van der Waals surface area contributed by atoms with Crippen LogP contribution in [-0.2, 0) is 11.3 Å². The van der Waals surface area contributed by atoms with Gasteiger partial charge in [0.2, 0.25) is 0 Å². The molecule has 106 valence electrons. The van der Waals surface area contributed by atoms with Crippen LogP contribution in [0.5, 0.6) is 0 Å². The lowest BCUT2D eigenvalue weighted by Crippen LogP contribution is -2.32. The largest absolute Gasteiger partial charge is 0.377 e. The first-order valence-corrected chi connectivity index (χ1v) is 8.64. The van der Waals surface area contributed by atoms with Crippen LogP contribution in [0, 0.1) is 0 Å². The summed E-state index contributed by atoms with van der Waals surface area (Å²) in [5, 5.41) is 0. The van der Waals surface area contributed by atoms with Crippen molar-refractivity contribution in [3.8, 4) is 0 Å². The molecule has 3 heteroatoms. The van der Waals surface area contributed by atoms with E-state index in [1.54, 1.807) is 0 Å². The minimum Gasteiger partial charge on any atom is -0.377 e. The van der Waals surface area contributed by atoms with Crippen molar-refractivity contribution in [3.63, 3.8) is 0 Å². The Morgan fingerprint density at radius 2 is 2.16 bits per heavy atom. The lowest BCUT2D eigenvalue weighted by Gasteiger charge is -2.25.